The lowest BCUT2D eigenvalue weighted by Crippen LogP contribution is -2.34. The van der Waals surface area contributed by atoms with Crippen molar-refractivity contribution in [1.29, 1.82) is 0 Å². The standard InChI is InChI=1S/C15H17NO3/c1-15(7-2-8-19-15)14(18)11-3-5-12-10(9-11)4-6-13(17)16-12/h3,5,9H,2,4,6-8H2,1H3,(H,16,17). The van der Waals surface area contributed by atoms with E-state index < -0.39 is 5.60 Å². The molecule has 1 fully saturated rings. The number of ether oxygens (including phenoxy) is 1. The van der Waals surface area contributed by atoms with Crippen LogP contribution >= 0.6 is 0 Å². The normalized spacial score (nSPS) is 25.8. The van der Waals surface area contributed by atoms with Gasteiger partial charge in [-0.3, -0.25) is 9.59 Å². The fourth-order valence-corrected chi connectivity index (χ4v) is 2.79. The van der Waals surface area contributed by atoms with Crippen LogP contribution < -0.4 is 5.32 Å². The number of nitrogens with one attached hydrogen (secondary N) is 1. The summed E-state index contributed by atoms with van der Waals surface area (Å²) in [5.74, 6) is 0.0855. The molecule has 19 heavy (non-hydrogen) atoms. The minimum Gasteiger partial charge on any atom is -0.367 e. The maximum atomic E-state index is 12.5. The van der Waals surface area contributed by atoms with E-state index in [1.54, 1.807) is 6.07 Å². The van der Waals surface area contributed by atoms with Crippen molar-refractivity contribution in [2.75, 3.05) is 11.9 Å². The monoisotopic (exact) mass is 259 g/mol. The molecule has 1 atom stereocenters. The van der Waals surface area contributed by atoms with Crippen molar-refractivity contribution in [1.82, 2.24) is 0 Å². The molecule has 2 aliphatic heterocycles. The van der Waals surface area contributed by atoms with Crippen molar-refractivity contribution < 1.29 is 14.3 Å². The Morgan fingerprint density at radius 2 is 2.21 bits per heavy atom. The van der Waals surface area contributed by atoms with Gasteiger partial charge in [-0.25, -0.2) is 0 Å². The van der Waals surface area contributed by atoms with Gasteiger partial charge in [-0.1, -0.05) is 0 Å². The molecule has 0 bridgehead atoms. The molecule has 1 aromatic rings. The Balaban J connectivity index is 1.90. The highest BCUT2D eigenvalue weighted by molar-refractivity contribution is 6.03. The molecule has 4 nitrogen and oxygen atoms in total. The lowest BCUT2D eigenvalue weighted by molar-refractivity contribution is -0.116. The Morgan fingerprint density at radius 3 is 2.95 bits per heavy atom. The van der Waals surface area contributed by atoms with Crippen LogP contribution in [0.1, 0.15) is 42.1 Å². The molecule has 0 spiro atoms. The van der Waals surface area contributed by atoms with Crippen LogP contribution in [-0.4, -0.2) is 23.9 Å². The average Bonchev–Trinajstić information content (AvgIpc) is 2.85. The zero-order valence-electron chi connectivity index (χ0n) is 11.0. The number of hydrogen-bond donors (Lipinski definition) is 1. The van der Waals surface area contributed by atoms with E-state index >= 15 is 0 Å². The van der Waals surface area contributed by atoms with Gasteiger partial charge in [-0.15, -0.1) is 0 Å². The molecular formula is C15H17NO3. The minimum absolute atomic E-state index is 0.0395. The molecule has 0 radical (unpaired) electrons. The van der Waals surface area contributed by atoms with Crippen LogP contribution in [0.5, 0.6) is 0 Å². The van der Waals surface area contributed by atoms with Crippen LogP contribution in [0, 0.1) is 0 Å². The predicted molar refractivity (Wildman–Crippen MR) is 71.3 cm³/mol. The summed E-state index contributed by atoms with van der Waals surface area (Å²) in [6.45, 7) is 2.52. The van der Waals surface area contributed by atoms with Gasteiger partial charge in [0.1, 0.15) is 5.60 Å². The van der Waals surface area contributed by atoms with Crippen molar-refractivity contribution in [2.24, 2.45) is 0 Å². The third kappa shape index (κ3) is 2.16. The number of ketones is 1. The van der Waals surface area contributed by atoms with E-state index in [0.717, 1.165) is 24.1 Å². The summed E-state index contributed by atoms with van der Waals surface area (Å²) in [7, 11) is 0. The largest absolute Gasteiger partial charge is 0.367 e. The van der Waals surface area contributed by atoms with Gasteiger partial charge in [0.2, 0.25) is 5.91 Å². The number of anilines is 1. The van der Waals surface area contributed by atoms with Gasteiger partial charge in [0.05, 0.1) is 0 Å². The molecular weight excluding hydrogens is 242 g/mol. The van der Waals surface area contributed by atoms with Crippen LogP contribution in [0.15, 0.2) is 18.2 Å². The molecule has 4 heteroatoms. The number of Topliss-reactive ketones (excluding diaryl/α,β-unsaturated/α-hetero) is 1. The van der Waals surface area contributed by atoms with E-state index in [0.29, 0.717) is 25.0 Å². The van der Waals surface area contributed by atoms with E-state index in [1.807, 2.05) is 19.1 Å². The van der Waals surface area contributed by atoms with Crippen LogP contribution in [0.3, 0.4) is 0 Å². The number of aryl methyl sites for hydroxylation is 1. The van der Waals surface area contributed by atoms with Crippen molar-refractivity contribution in [3.05, 3.63) is 29.3 Å². The number of carbonyl (C=O) groups is 2. The molecule has 1 unspecified atom stereocenters. The zero-order chi connectivity index (χ0) is 13.5. The van der Waals surface area contributed by atoms with E-state index in [2.05, 4.69) is 5.32 Å². The number of carbonyl (C=O) groups excluding carboxylic acids is 2. The summed E-state index contributed by atoms with van der Waals surface area (Å²) in [5.41, 5.74) is 1.86. The number of benzene rings is 1. The highest BCUT2D eigenvalue weighted by Gasteiger charge is 2.38. The first-order chi connectivity index (χ1) is 9.08. The maximum absolute atomic E-state index is 12.5. The molecule has 2 heterocycles. The summed E-state index contributed by atoms with van der Waals surface area (Å²) in [6, 6.07) is 5.49. The number of hydrogen-bond acceptors (Lipinski definition) is 3. The predicted octanol–water partition coefficient (Wildman–Crippen LogP) is 2.32. The second-order valence-corrected chi connectivity index (χ2v) is 5.43. The van der Waals surface area contributed by atoms with Crippen LogP contribution in [0.2, 0.25) is 0 Å². The number of rotatable bonds is 2. The highest BCUT2D eigenvalue weighted by Crippen LogP contribution is 2.31. The Morgan fingerprint density at radius 1 is 1.37 bits per heavy atom. The molecule has 3 rings (SSSR count). The average molecular weight is 259 g/mol. The van der Waals surface area contributed by atoms with E-state index in [9.17, 15) is 9.59 Å². The van der Waals surface area contributed by atoms with E-state index in [-0.39, 0.29) is 11.7 Å². The van der Waals surface area contributed by atoms with Crippen LogP contribution in [0.25, 0.3) is 0 Å². The van der Waals surface area contributed by atoms with Gasteiger partial charge in [0.25, 0.3) is 0 Å². The van der Waals surface area contributed by atoms with Gasteiger partial charge < -0.3 is 10.1 Å². The summed E-state index contributed by atoms with van der Waals surface area (Å²) in [4.78, 5) is 23.8. The molecule has 1 aromatic carbocycles. The van der Waals surface area contributed by atoms with Gasteiger partial charge in [-0.05, 0) is 49.9 Å². The molecule has 0 aromatic heterocycles. The maximum Gasteiger partial charge on any atom is 0.224 e. The summed E-state index contributed by atoms with van der Waals surface area (Å²) in [6.07, 6.45) is 2.89. The Hall–Kier alpha value is -1.68. The summed E-state index contributed by atoms with van der Waals surface area (Å²) >= 11 is 0. The lowest BCUT2D eigenvalue weighted by Gasteiger charge is -2.23. The Labute approximate surface area is 112 Å². The fourth-order valence-electron chi connectivity index (χ4n) is 2.79. The highest BCUT2D eigenvalue weighted by atomic mass is 16.5. The Bertz CT molecular complexity index is 544. The van der Waals surface area contributed by atoms with Crippen molar-refractivity contribution >= 4 is 17.4 Å². The molecule has 2 aliphatic rings. The first kappa shape index (κ1) is 12.4. The fraction of sp³-hybridized carbons (Fsp3) is 0.467. The third-order valence-electron chi connectivity index (χ3n) is 3.96. The zero-order valence-corrected chi connectivity index (χ0v) is 11.0. The van der Waals surface area contributed by atoms with Crippen LogP contribution in [0.4, 0.5) is 5.69 Å². The van der Waals surface area contributed by atoms with Gasteiger partial charge in [-0.2, -0.15) is 0 Å². The van der Waals surface area contributed by atoms with Crippen molar-refractivity contribution in [3.8, 4) is 0 Å². The SMILES string of the molecule is CC1(C(=O)c2ccc3c(c2)CCC(=O)N3)CCCO1. The summed E-state index contributed by atoms with van der Waals surface area (Å²) in [5, 5.41) is 2.82. The molecule has 0 aliphatic carbocycles. The smallest absolute Gasteiger partial charge is 0.224 e. The first-order valence-corrected chi connectivity index (χ1v) is 6.70. The first-order valence-electron chi connectivity index (χ1n) is 6.70. The van der Waals surface area contributed by atoms with Crippen LogP contribution in [-0.2, 0) is 16.0 Å². The molecule has 1 amide bonds. The van der Waals surface area contributed by atoms with E-state index in [4.69, 9.17) is 4.74 Å². The third-order valence-corrected chi connectivity index (χ3v) is 3.96. The lowest BCUT2D eigenvalue weighted by atomic mass is 9.90. The molecule has 1 N–H and O–H groups in total. The van der Waals surface area contributed by atoms with Gasteiger partial charge >= 0.3 is 0 Å². The van der Waals surface area contributed by atoms with Crippen molar-refractivity contribution in [2.45, 2.75) is 38.2 Å². The quantitative estimate of drug-likeness (QED) is 0.829. The second kappa shape index (κ2) is 4.46. The Kier molecular flexibility index (Phi) is 2.90. The van der Waals surface area contributed by atoms with Gasteiger partial charge in [0.15, 0.2) is 5.78 Å². The van der Waals surface area contributed by atoms with E-state index in [1.165, 1.54) is 0 Å². The topological polar surface area (TPSA) is 55.4 Å². The number of fused-ring (bicyclic) bond motifs is 1. The van der Waals surface area contributed by atoms with Crippen molar-refractivity contribution in [3.63, 3.8) is 0 Å². The molecule has 100 valence electrons. The van der Waals surface area contributed by atoms with Gasteiger partial charge in [0, 0.05) is 24.3 Å². The molecule has 0 saturated carbocycles. The summed E-state index contributed by atoms with van der Waals surface area (Å²) < 4.78 is 5.60. The molecule has 1 saturated heterocycles. The number of amides is 1. The minimum atomic E-state index is -0.674. The second-order valence-electron chi connectivity index (χ2n) is 5.43.